The molecular formula is C15H11NO3. The van der Waals surface area contributed by atoms with E-state index in [-0.39, 0.29) is 5.56 Å². The van der Waals surface area contributed by atoms with E-state index in [1.165, 1.54) is 12.1 Å². The molecule has 0 bridgehead atoms. The number of para-hydroxylation sites is 1. The van der Waals surface area contributed by atoms with Gasteiger partial charge in [0.1, 0.15) is 17.6 Å². The summed E-state index contributed by atoms with van der Waals surface area (Å²) in [6.07, 6.45) is 0. The quantitative estimate of drug-likeness (QED) is 0.910. The lowest BCUT2D eigenvalue weighted by Crippen LogP contribution is -1.98. The Morgan fingerprint density at radius 3 is 2.63 bits per heavy atom. The van der Waals surface area contributed by atoms with Gasteiger partial charge < -0.3 is 9.84 Å². The van der Waals surface area contributed by atoms with Crippen LogP contribution >= 0.6 is 0 Å². The molecule has 94 valence electrons. The Kier molecular flexibility index (Phi) is 3.48. The SMILES string of the molecule is Cc1ccc(C(=O)O)cc1Oc1ccccc1C#N. The largest absolute Gasteiger partial charge is 0.478 e. The van der Waals surface area contributed by atoms with Gasteiger partial charge in [-0.1, -0.05) is 18.2 Å². The predicted octanol–water partition coefficient (Wildman–Crippen LogP) is 3.36. The Morgan fingerprint density at radius 2 is 1.95 bits per heavy atom. The zero-order chi connectivity index (χ0) is 13.8. The van der Waals surface area contributed by atoms with E-state index in [4.69, 9.17) is 15.1 Å². The average molecular weight is 253 g/mol. The number of hydrogen-bond acceptors (Lipinski definition) is 3. The number of aromatic carboxylic acids is 1. The van der Waals surface area contributed by atoms with Crippen molar-refractivity contribution in [2.24, 2.45) is 0 Å². The molecule has 2 aromatic carbocycles. The third kappa shape index (κ3) is 2.72. The summed E-state index contributed by atoms with van der Waals surface area (Å²) in [6, 6.07) is 13.5. The molecule has 0 aliphatic carbocycles. The molecule has 0 fully saturated rings. The molecule has 19 heavy (non-hydrogen) atoms. The standard InChI is InChI=1S/C15H11NO3/c1-10-6-7-11(15(17)18)8-14(10)19-13-5-3-2-4-12(13)9-16/h2-8H,1H3,(H,17,18). The number of carboxylic acids is 1. The fraction of sp³-hybridized carbons (Fsp3) is 0.0667. The van der Waals surface area contributed by atoms with E-state index in [1.54, 1.807) is 30.3 Å². The van der Waals surface area contributed by atoms with E-state index < -0.39 is 5.97 Å². The first kappa shape index (κ1) is 12.7. The molecule has 0 aliphatic heterocycles. The van der Waals surface area contributed by atoms with Crippen LogP contribution in [-0.2, 0) is 0 Å². The van der Waals surface area contributed by atoms with Crippen molar-refractivity contribution < 1.29 is 14.6 Å². The number of hydrogen-bond donors (Lipinski definition) is 1. The Labute approximate surface area is 110 Å². The van der Waals surface area contributed by atoms with Gasteiger partial charge >= 0.3 is 5.97 Å². The first-order valence-corrected chi connectivity index (χ1v) is 5.62. The van der Waals surface area contributed by atoms with Crippen LogP contribution in [0.1, 0.15) is 21.5 Å². The van der Waals surface area contributed by atoms with Gasteiger partial charge in [0.05, 0.1) is 11.1 Å². The maximum Gasteiger partial charge on any atom is 0.335 e. The maximum absolute atomic E-state index is 10.9. The highest BCUT2D eigenvalue weighted by Crippen LogP contribution is 2.28. The monoisotopic (exact) mass is 253 g/mol. The highest BCUT2D eigenvalue weighted by molar-refractivity contribution is 5.88. The van der Waals surface area contributed by atoms with Crippen molar-refractivity contribution in [1.82, 2.24) is 0 Å². The second kappa shape index (κ2) is 5.23. The third-order valence-corrected chi connectivity index (χ3v) is 2.66. The topological polar surface area (TPSA) is 70.3 Å². The number of nitrogens with zero attached hydrogens (tertiary/aromatic N) is 1. The minimum absolute atomic E-state index is 0.148. The van der Waals surface area contributed by atoms with Crippen molar-refractivity contribution in [3.05, 3.63) is 59.2 Å². The second-order valence-electron chi connectivity index (χ2n) is 4.00. The zero-order valence-electron chi connectivity index (χ0n) is 10.3. The molecule has 0 unspecified atom stereocenters. The predicted molar refractivity (Wildman–Crippen MR) is 69.4 cm³/mol. The van der Waals surface area contributed by atoms with Gasteiger partial charge in [0, 0.05) is 0 Å². The van der Waals surface area contributed by atoms with Crippen molar-refractivity contribution >= 4 is 5.97 Å². The van der Waals surface area contributed by atoms with E-state index in [0.29, 0.717) is 17.1 Å². The van der Waals surface area contributed by atoms with Gasteiger partial charge in [-0.05, 0) is 36.8 Å². The number of rotatable bonds is 3. The van der Waals surface area contributed by atoms with Gasteiger partial charge in [-0.3, -0.25) is 0 Å². The van der Waals surface area contributed by atoms with E-state index >= 15 is 0 Å². The lowest BCUT2D eigenvalue weighted by atomic mass is 10.1. The summed E-state index contributed by atoms with van der Waals surface area (Å²) >= 11 is 0. The smallest absolute Gasteiger partial charge is 0.335 e. The molecule has 4 heteroatoms. The molecular weight excluding hydrogens is 242 g/mol. The summed E-state index contributed by atoms with van der Waals surface area (Å²) in [5.41, 5.74) is 1.36. The number of carbonyl (C=O) groups is 1. The molecule has 0 radical (unpaired) electrons. The van der Waals surface area contributed by atoms with Crippen LogP contribution in [-0.4, -0.2) is 11.1 Å². The Morgan fingerprint density at radius 1 is 1.21 bits per heavy atom. The number of nitriles is 1. The Bertz CT molecular complexity index is 671. The molecule has 1 N–H and O–H groups in total. The second-order valence-corrected chi connectivity index (χ2v) is 4.00. The Balaban J connectivity index is 2.41. The summed E-state index contributed by atoms with van der Waals surface area (Å²) in [6.45, 7) is 1.82. The van der Waals surface area contributed by atoms with Crippen molar-refractivity contribution in [1.29, 1.82) is 5.26 Å². The first-order chi connectivity index (χ1) is 9.11. The van der Waals surface area contributed by atoms with Crippen molar-refractivity contribution in [3.8, 4) is 17.6 Å². The number of carboxylic acid groups (broad SMARTS) is 1. The summed E-state index contributed by atoms with van der Waals surface area (Å²) in [4.78, 5) is 10.9. The third-order valence-electron chi connectivity index (χ3n) is 2.66. The maximum atomic E-state index is 10.9. The molecule has 0 atom stereocenters. The minimum Gasteiger partial charge on any atom is -0.478 e. The molecule has 2 rings (SSSR count). The molecule has 0 heterocycles. The van der Waals surface area contributed by atoms with E-state index in [0.717, 1.165) is 5.56 Å². The molecule has 2 aromatic rings. The van der Waals surface area contributed by atoms with Crippen LogP contribution in [0.2, 0.25) is 0 Å². The molecule has 4 nitrogen and oxygen atoms in total. The lowest BCUT2D eigenvalue weighted by Gasteiger charge is -2.10. The van der Waals surface area contributed by atoms with Crippen LogP contribution in [0.25, 0.3) is 0 Å². The fourth-order valence-electron chi connectivity index (χ4n) is 1.61. The summed E-state index contributed by atoms with van der Waals surface area (Å²) in [7, 11) is 0. The lowest BCUT2D eigenvalue weighted by molar-refractivity contribution is 0.0696. The van der Waals surface area contributed by atoms with Crippen molar-refractivity contribution in [2.45, 2.75) is 6.92 Å². The van der Waals surface area contributed by atoms with Crippen molar-refractivity contribution in [3.63, 3.8) is 0 Å². The van der Waals surface area contributed by atoms with Crippen LogP contribution in [0.4, 0.5) is 0 Å². The summed E-state index contributed by atoms with van der Waals surface area (Å²) in [5.74, 6) is -0.170. The van der Waals surface area contributed by atoms with E-state index in [2.05, 4.69) is 0 Å². The minimum atomic E-state index is -1.02. The van der Waals surface area contributed by atoms with Crippen LogP contribution in [0, 0.1) is 18.3 Å². The average Bonchev–Trinajstić information content (AvgIpc) is 2.41. The van der Waals surface area contributed by atoms with Crippen LogP contribution in [0.3, 0.4) is 0 Å². The van der Waals surface area contributed by atoms with Gasteiger partial charge in [-0.2, -0.15) is 5.26 Å². The molecule has 0 spiro atoms. The number of ether oxygens (including phenoxy) is 1. The summed E-state index contributed by atoms with van der Waals surface area (Å²) in [5, 5.41) is 17.9. The van der Waals surface area contributed by atoms with Crippen LogP contribution in [0.5, 0.6) is 11.5 Å². The number of aryl methyl sites for hydroxylation is 1. The van der Waals surface area contributed by atoms with Crippen LogP contribution in [0.15, 0.2) is 42.5 Å². The zero-order valence-corrected chi connectivity index (χ0v) is 10.3. The molecule has 0 saturated heterocycles. The fourth-order valence-corrected chi connectivity index (χ4v) is 1.61. The first-order valence-electron chi connectivity index (χ1n) is 5.62. The van der Waals surface area contributed by atoms with E-state index in [9.17, 15) is 4.79 Å². The van der Waals surface area contributed by atoms with Gasteiger partial charge in [0.2, 0.25) is 0 Å². The number of benzene rings is 2. The normalized spacial score (nSPS) is 9.68. The highest BCUT2D eigenvalue weighted by Gasteiger charge is 2.09. The van der Waals surface area contributed by atoms with Crippen LogP contribution < -0.4 is 4.74 Å². The van der Waals surface area contributed by atoms with Gasteiger partial charge in [-0.15, -0.1) is 0 Å². The Hall–Kier alpha value is -2.80. The van der Waals surface area contributed by atoms with E-state index in [1.807, 2.05) is 13.0 Å². The highest BCUT2D eigenvalue weighted by atomic mass is 16.5. The molecule has 0 aliphatic rings. The molecule has 0 amide bonds. The van der Waals surface area contributed by atoms with Gasteiger partial charge in [0.15, 0.2) is 0 Å². The molecule has 0 aromatic heterocycles. The van der Waals surface area contributed by atoms with Gasteiger partial charge in [0.25, 0.3) is 0 Å². The summed E-state index contributed by atoms with van der Waals surface area (Å²) < 4.78 is 5.64. The van der Waals surface area contributed by atoms with Crippen molar-refractivity contribution in [2.75, 3.05) is 0 Å². The molecule has 0 saturated carbocycles. The van der Waals surface area contributed by atoms with Gasteiger partial charge in [-0.25, -0.2) is 4.79 Å².